The van der Waals surface area contributed by atoms with E-state index in [1.165, 1.54) is 0 Å². The molecular formula is C26H28ClN3O2. The molecule has 1 heterocycles. The average Bonchev–Trinajstić information content (AvgIpc) is 2.94. The van der Waals surface area contributed by atoms with Gasteiger partial charge in [0, 0.05) is 17.3 Å². The van der Waals surface area contributed by atoms with E-state index in [1.54, 1.807) is 14.0 Å². The van der Waals surface area contributed by atoms with Crippen LogP contribution in [0.1, 0.15) is 24.5 Å². The Morgan fingerprint density at radius 3 is 2.69 bits per heavy atom. The second kappa shape index (κ2) is 9.72. The highest BCUT2D eigenvalue weighted by atomic mass is 35.5. The summed E-state index contributed by atoms with van der Waals surface area (Å²) in [7, 11) is 1.73. The van der Waals surface area contributed by atoms with Crippen molar-refractivity contribution < 1.29 is 9.59 Å². The van der Waals surface area contributed by atoms with E-state index in [2.05, 4.69) is 28.8 Å². The smallest absolute Gasteiger partial charge is 0.249 e. The van der Waals surface area contributed by atoms with E-state index in [9.17, 15) is 9.59 Å². The topological polar surface area (TPSA) is 61.4 Å². The molecule has 0 saturated carbocycles. The summed E-state index contributed by atoms with van der Waals surface area (Å²) in [6, 6.07) is 19.1. The molecule has 6 heteroatoms. The van der Waals surface area contributed by atoms with E-state index in [4.69, 9.17) is 11.6 Å². The quantitative estimate of drug-likeness (QED) is 0.595. The largest absolute Gasteiger partial charge is 0.343 e. The van der Waals surface area contributed by atoms with Crippen molar-refractivity contribution in [2.75, 3.05) is 18.5 Å². The Bertz CT molecular complexity index is 1150. The van der Waals surface area contributed by atoms with Gasteiger partial charge in [0.1, 0.15) is 6.04 Å². The summed E-state index contributed by atoms with van der Waals surface area (Å²) in [6.07, 6.45) is 1.92. The maximum Gasteiger partial charge on any atom is 0.249 e. The van der Waals surface area contributed by atoms with Crippen molar-refractivity contribution in [3.63, 3.8) is 0 Å². The normalized spacial score (nSPS) is 17.0. The van der Waals surface area contributed by atoms with E-state index >= 15 is 0 Å². The van der Waals surface area contributed by atoms with Gasteiger partial charge in [0.05, 0.1) is 6.04 Å². The molecule has 0 fully saturated rings. The van der Waals surface area contributed by atoms with E-state index in [-0.39, 0.29) is 17.9 Å². The van der Waals surface area contributed by atoms with Crippen LogP contribution in [0.4, 0.5) is 5.69 Å². The molecule has 0 saturated heterocycles. The SMILES string of the molecule is CN[C@@H](C)C(=O)N[C@H]1CCc2ccccc2N(CCc2c(Cl)ccc3ccccc23)C1=O. The maximum atomic E-state index is 13.6. The molecular weight excluding hydrogens is 422 g/mol. The molecule has 0 spiro atoms. The van der Waals surface area contributed by atoms with Crippen LogP contribution in [0, 0.1) is 0 Å². The Labute approximate surface area is 193 Å². The first-order chi connectivity index (χ1) is 15.5. The Morgan fingerprint density at radius 1 is 1.12 bits per heavy atom. The highest BCUT2D eigenvalue weighted by Gasteiger charge is 2.32. The third-order valence-corrected chi connectivity index (χ3v) is 6.61. The lowest BCUT2D eigenvalue weighted by molar-refractivity contribution is -0.128. The van der Waals surface area contributed by atoms with Crippen molar-refractivity contribution in [2.45, 2.75) is 38.3 Å². The number of rotatable bonds is 6. The number of fused-ring (bicyclic) bond motifs is 2. The van der Waals surface area contributed by atoms with Crippen molar-refractivity contribution in [1.29, 1.82) is 0 Å². The minimum Gasteiger partial charge on any atom is -0.343 e. The molecule has 2 N–H and O–H groups in total. The van der Waals surface area contributed by atoms with Crippen LogP contribution in [0.15, 0.2) is 60.7 Å². The van der Waals surface area contributed by atoms with E-state index in [0.717, 1.165) is 34.0 Å². The van der Waals surface area contributed by atoms with E-state index in [0.29, 0.717) is 24.4 Å². The van der Waals surface area contributed by atoms with Gasteiger partial charge in [-0.1, -0.05) is 60.1 Å². The number of aryl methyl sites for hydroxylation is 1. The monoisotopic (exact) mass is 449 g/mol. The minimum atomic E-state index is -0.561. The third-order valence-electron chi connectivity index (χ3n) is 6.26. The Balaban J connectivity index is 1.64. The highest BCUT2D eigenvalue weighted by Crippen LogP contribution is 2.30. The van der Waals surface area contributed by atoms with E-state index in [1.807, 2.05) is 47.4 Å². The number of para-hydroxylation sites is 1. The predicted octanol–water partition coefficient (Wildman–Crippen LogP) is 4.11. The zero-order valence-electron chi connectivity index (χ0n) is 18.4. The third kappa shape index (κ3) is 4.50. The number of amides is 2. The molecule has 166 valence electrons. The van der Waals surface area contributed by atoms with Gasteiger partial charge in [0.15, 0.2) is 0 Å². The number of benzene rings is 3. The van der Waals surface area contributed by atoms with Crippen molar-refractivity contribution in [3.05, 3.63) is 76.8 Å². The summed E-state index contributed by atoms with van der Waals surface area (Å²) in [4.78, 5) is 27.9. The van der Waals surface area contributed by atoms with Gasteiger partial charge in [0.2, 0.25) is 11.8 Å². The van der Waals surface area contributed by atoms with Crippen molar-refractivity contribution in [3.8, 4) is 0 Å². The summed E-state index contributed by atoms with van der Waals surface area (Å²) >= 11 is 6.57. The molecule has 0 unspecified atom stereocenters. The van der Waals surface area contributed by atoms with Crippen LogP contribution in [0.2, 0.25) is 5.02 Å². The number of halogens is 1. The van der Waals surface area contributed by atoms with Gasteiger partial charge in [0.25, 0.3) is 0 Å². The van der Waals surface area contributed by atoms with Crippen molar-refractivity contribution in [2.24, 2.45) is 0 Å². The van der Waals surface area contributed by atoms with Crippen LogP contribution in [0.3, 0.4) is 0 Å². The van der Waals surface area contributed by atoms with Gasteiger partial charge in [-0.2, -0.15) is 0 Å². The van der Waals surface area contributed by atoms with E-state index < -0.39 is 6.04 Å². The molecule has 5 nitrogen and oxygen atoms in total. The average molecular weight is 450 g/mol. The number of hydrogen-bond donors (Lipinski definition) is 2. The lowest BCUT2D eigenvalue weighted by Crippen LogP contribution is -2.52. The number of nitrogens with zero attached hydrogens (tertiary/aromatic N) is 1. The van der Waals surface area contributed by atoms with Gasteiger partial charge >= 0.3 is 0 Å². The molecule has 3 aromatic rings. The van der Waals surface area contributed by atoms with Crippen LogP contribution in [0.5, 0.6) is 0 Å². The standard InChI is InChI=1S/C26H28ClN3O2/c1-17(28-2)25(31)29-23-14-12-19-8-4-6-10-24(19)30(26(23)32)16-15-21-20-9-5-3-7-18(20)11-13-22(21)27/h3-11,13,17,23,28H,12,14-16H2,1-2H3,(H,29,31)/t17-,23-/m0/s1. The second-order valence-electron chi connectivity index (χ2n) is 8.23. The number of nitrogens with one attached hydrogen (secondary N) is 2. The lowest BCUT2D eigenvalue weighted by Gasteiger charge is -2.27. The Morgan fingerprint density at radius 2 is 1.88 bits per heavy atom. The fourth-order valence-corrected chi connectivity index (χ4v) is 4.55. The molecule has 1 aliphatic heterocycles. The van der Waals surface area contributed by atoms with Crippen LogP contribution in [-0.2, 0) is 22.4 Å². The fraction of sp³-hybridized carbons (Fsp3) is 0.308. The van der Waals surface area contributed by atoms with Gasteiger partial charge in [-0.3, -0.25) is 9.59 Å². The first-order valence-corrected chi connectivity index (χ1v) is 11.4. The Hall–Kier alpha value is -2.89. The fourth-order valence-electron chi connectivity index (χ4n) is 4.30. The minimum absolute atomic E-state index is 0.0806. The number of carbonyl (C=O) groups excluding carboxylic acids is 2. The summed E-state index contributed by atoms with van der Waals surface area (Å²) < 4.78 is 0. The lowest BCUT2D eigenvalue weighted by atomic mass is 10.0. The van der Waals surface area contributed by atoms with Gasteiger partial charge < -0.3 is 15.5 Å². The predicted molar refractivity (Wildman–Crippen MR) is 130 cm³/mol. The number of anilines is 1. The van der Waals surface area contributed by atoms with Crippen molar-refractivity contribution >= 4 is 39.9 Å². The zero-order chi connectivity index (χ0) is 22.7. The number of likely N-dealkylation sites (N-methyl/N-ethyl adjacent to an activating group) is 1. The van der Waals surface area contributed by atoms with Gasteiger partial charge in [-0.15, -0.1) is 0 Å². The molecule has 1 aliphatic rings. The van der Waals surface area contributed by atoms with Gasteiger partial charge in [-0.05, 0) is 67.3 Å². The summed E-state index contributed by atoms with van der Waals surface area (Å²) in [5.74, 6) is -0.253. The summed E-state index contributed by atoms with van der Waals surface area (Å²) in [6.45, 7) is 2.27. The molecule has 0 radical (unpaired) electrons. The zero-order valence-corrected chi connectivity index (χ0v) is 19.2. The van der Waals surface area contributed by atoms with Crippen LogP contribution in [-0.4, -0.2) is 37.5 Å². The molecule has 2 amide bonds. The van der Waals surface area contributed by atoms with Crippen molar-refractivity contribution in [1.82, 2.24) is 10.6 Å². The number of hydrogen-bond acceptors (Lipinski definition) is 3. The molecule has 0 aromatic heterocycles. The Kier molecular flexibility index (Phi) is 6.77. The molecule has 0 bridgehead atoms. The maximum absolute atomic E-state index is 13.6. The van der Waals surface area contributed by atoms with Gasteiger partial charge in [-0.25, -0.2) is 0 Å². The second-order valence-corrected chi connectivity index (χ2v) is 8.63. The molecule has 2 atom stereocenters. The first-order valence-electron chi connectivity index (χ1n) is 11.0. The molecule has 32 heavy (non-hydrogen) atoms. The van der Waals surface area contributed by atoms with Crippen LogP contribution in [0.25, 0.3) is 10.8 Å². The highest BCUT2D eigenvalue weighted by molar-refractivity contribution is 6.32. The van der Waals surface area contributed by atoms with Crippen LogP contribution >= 0.6 is 11.6 Å². The summed E-state index contributed by atoms with van der Waals surface area (Å²) in [5.41, 5.74) is 3.05. The first kappa shape index (κ1) is 22.3. The van der Waals surface area contributed by atoms with Crippen LogP contribution < -0.4 is 15.5 Å². The number of carbonyl (C=O) groups is 2. The molecule has 0 aliphatic carbocycles. The molecule has 3 aromatic carbocycles. The molecule has 4 rings (SSSR count). The summed E-state index contributed by atoms with van der Waals surface area (Å²) in [5, 5.41) is 8.80.